The van der Waals surface area contributed by atoms with Crippen molar-refractivity contribution in [1.29, 1.82) is 0 Å². The van der Waals surface area contributed by atoms with Crippen molar-refractivity contribution in [2.45, 2.75) is 19.4 Å². The van der Waals surface area contributed by atoms with E-state index in [4.69, 9.17) is 14.2 Å². The molecule has 1 atom stereocenters. The third-order valence-corrected chi connectivity index (χ3v) is 2.96. The molecule has 0 bridgehead atoms. The van der Waals surface area contributed by atoms with Gasteiger partial charge < -0.3 is 19.3 Å². The Morgan fingerprint density at radius 2 is 1.76 bits per heavy atom. The number of methoxy groups -OCH3 is 3. The zero-order valence-electron chi connectivity index (χ0n) is 10.4. The SMILES string of the molecule is COc1cc(Br)c(OC)c(CC(C)O)c1OC. The summed E-state index contributed by atoms with van der Waals surface area (Å²) in [5.74, 6) is 1.85. The van der Waals surface area contributed by atoms with Crippen LogP contribution in [0.3, 0.4) is 0 Å². The monoisotopic (exact) mass is 304 g/mol. The second-order valence-electron chi connectivity index (χ2n) is 3.66. The van der Waals surface area contributed by atoms with Crippen LogP contribution in [0.4, 0.5) is 0 Å². The minimum absolute atomic E-state index is 0.433. The van der Waals surface area contributed by atoms with Gasteiger partial charge in [-0.15, -0.1) is 0 Å². The number of benzene rings is 1. The van der Waals surface area contributed by atoms with Crippen molar-refractivity contribution in [2.75, 3.05) is 21.3 Å². The molecule has 0 radical (unpaired) electrons. The molecule has 96 valence electrons. The van der Waals surface area contributed by atoms with E-state index in [1.165, 1.54) is 0 Å². The van der Waals surface area contributed by atoms with Gasteiger partial charge in [-0.25, -0.2) is 0 Å². The van der Waals surface area contributed by atoms with Gasteiger partial charge in [0.1, 0.15) is 5.75 Å². The average molecular weight is 305 g/mol. The summed E-state index contributed by atoms with van der Waals surface area (Å²) in [6, 6.07) is 1.78. The minimum Gasteiger partial charge on any atom is -0.495 e. The van der Waals surface area contributed by atoms with Gasteiger partial charge >= 0.3 is 0 Å². The lowest BCUT2D eigenvalue weighted by Gasteiger charge is -2.18. The Labute approximate surface area is 110 Å². The Kier molecular flexibility index (Phi) is 5.08. The first-order valence-corrected chi connectivity index (χ1v) is 5.99. The quantitative estimate of drug-likeness (QED) is 0.907. The molecule has 0 amide bonds. The van der Waals surface area contributed by atoms with Crippen LogP contribution in [0.1, 0.15) is 12.5 Å². The van der Waals surface area contributed by atoms with E-state index in [9.17, 15) is 5.11 Å². The van der Waals surface area contributed by atoms with E-state index in [2.05, 4.69) is 15.9 Å². The summed E-state index contributed by atoms with van der Waals surface area (Å²) in [4.78, 5) is 0. The maximum atomic E-state index is 9.53. The summed E-state index contributed by atoms with van der Waals surface area (Å²) in [7, 11) is 4.72. The van der Waals surface area contributed by atoms with Crippen LogP contribution < -0.4 is 14.2 Å². The molecule has 0 aromatic heterocycles. The van der Waals surface area contributed by atoms with Crippen LogP contribution in [-0.4, -0.2) is 32.5 Å². The molecule has 1 aromatic rings. The third-order valence-electron chi connectivity index (χ3n) is 2.37. The fraction of sp³-hybridized carbons (Fsp3) is 0.500. The van der Waals surface area contributed by atoms with Crippen LogP contribution in [0.25, 0.3) is 0 Å². The minimum atomic E-state index is -0.489. The van der Waals surface area contributed by atoms with E-state index < -0.39 is 6.10 Å². The predicted octanol–water partition coefficient (Wildman–Crippen LogP) is 2.40. The topological polar surface area (TPSA) is 47.9 Å². The van der Waals surface area contributed by atoms with Gasteiger partial charge in [-0.1, -0.05) is 0 Å². The molecule has 1 unspecified atom stereocenters. The molecule has 0 aliphatic heterocycles. The molecule has 4 nitrogen and oxygen atoms in total. The molecule has 0 aliphatic rings. The molecular formula is C12H17BrO4. The summed E-state index contributed by atoms with van der Waals surface area (Å²) < 4.78 is 16.7. The van der Waals surface area contributed by atoms with Crippen molar-refractivity contribution in [3.8, 4) is 17.2 Å². The van der Waals surface area contributed by atoms with Gasteiger partial charge in [0.05, 0.1) is 31.9 Å². The number of ether oxygens (including phenoxy) is 3. The van der Waals surface area contributed by atoms with Gasteiger partial charge in [0.25, 0.3) is 0 Å². The van der Waals surface area contributed by atoms with Crippen molar-refractivity contribution in [3.05, 3.63) is 16.1 Å². The van der Waals surface area contributed by atoms with E-state index in [0.29, 0.717) is 23.7 Å². The Morgan fingerprint density at radius 1 is 1.18 bits per heavy atom. The number of hydrogen-bond donors (Lipinski definition) is 1. The van der Waals surface area contributed by atoms with Gasteiger partial charge in [-0.2, -0.15) is 0 Å². The zero-order valence-corrected chi connectivity index (χ0v) is 12.0. The largest absolute Gasteiger partial charge is 0.495 e. The van der Waals surface area contributed by atoms with E-state index in [1.807, 2.05) is 0 Å². The van der Waals surface area contributed by atoms with E-state index in [1.54, 1.807) is 34.3 Å². The molecule has 5 heteroatoms. The van der Waals surface area contributed by atoms with Gasteiger partial charge in [-0.05, 0) is 22.9 Å². The number of hydrogen-bond acceptors (Lipinski definition) is 4. The molecule has 0 saturated carbocycles. The first-order chi connectivity index (χ1) is 8.04. The number of rotatable bonds is 5. The zero-order chi connectivity index (χ0) is 13.0. The second-order valence-corrected chi connectivity index (χ2v) is 4.51. The van der Waals surface area contributed by atoms with Crippen LogP contribution in [0.15, 0.2) is 10.5 Å². The Hall–Kier alpha value is -0.940. The van der Waals surface area contributed by atoms with Crippen molar-refractivity contribution >= 4 is 15.9 Å². The predicted molar refractivity (Wildman–Crippen MR) is 69.2 cm³/mol. The number of aliphatic hydroxyl groups excluding tert-OH is 1. The van der Waals surface area contributed by atoms with Gasteiger partial charge in [0, 0.05) is 18.1 Å². The Balaban J connectivity index is 3.41. The molecule has 0 saturated heterocycles. The third kappa shape index (κ3) is 3.04. The fourth-order valence-electron chi connectivity index (χ4n) is 1.72. The molecular weight excluding hydrogens is 288 g/mol. The Bertz CT molecular complexity index is 391. The average Bonchev–Trinajstić information content (AvgIpc) is 2.28. The first kappa shape index (κ1) is 14.1. The molecule has 0 aliphatic carbocycles. The molecule has 17 heavy (non-hydrogen) atoms. The molecule has 0 heterocycles. The fourth-order valence-corrected chi connectivity index (χ4v) is 2.33. The van der Waals surface area contributed by atoms with Crippen LogP contribution in [0, 0.1) is 0 Å². The van der Waals surface area contributed by atoms with Crippen molar-refractivity contribution in [1.82, 2.24) is 0 Å². The molecule has 0 fully saturated rings. The normalized spacial score (nSPS) is 12.1. The van der Waals surface area contributed by atoms with E-state index >= 15 is 0 Å². The molecule has 1 aromatic carbocycles. The van der Waals surface area contributed by atoms with Crippen molar-refractivity contribution in [3.63, 3.8) is 0 Å². The van der Waals surface area contributed by atoms with Crippen LogP contribution in [0.5, 0.6) is 17.2 Å². The lowest BCUT2D eigenvalue weighted by Crippen LogP contribution is -2.08. The lowest BCUT2D eigenvalue weighted by atomic mass is 10.1. The van der Waals surface area contributed by atoms with Crippen molar-refractivity contribution in [2.24, 2.45) is 0 Å². The standard InChI is InChI=1S/C12H17BrO4/c1-7(14)5-8-11(16-3)9(13)6-10(15-2)12(8)17-4/h6-7,14H,5H2,1-4H3. The summed E-state index contributed by atoms with van der Waals surface area (Å²) >= 11 is 3.41. The maximum Gasteiger partial charge on any atom is 0.167 e. The highest BCUT2D eigenvalue weighted by molar-refractivity contribution is 9.10. The number of halogens is 1. The van der Waals surface area contributed by atoms with Gasteiger partial charge in [0.15, 0.2) is 11.5 Å². The molecule has 1 rings (SSSR count). The first-order valence-electron chi connectivity index (χ1n) is 5.20. The van der Waals surface area contributed by atoms with Crippen LogP contribution in [-0.2, 0) is 6.42 Å². The maximum absolute atomic E-state index is 9.53. The summed E-state index contributed by atoms with van der Waals surface area (Å²) in [5, 5.41) is 9.53. The second kappa shape index (κ2) is 6.12. The van der Waals surface area contributed by atoms with E-state index in [-0.39, 0.29) is 0 Å². The lowest BCUT2D eigenvalue weighted by molar-refractivity contribution is 0.192. The summed E-state index contributed by atoms with van der Waals surface area (Å²) in [5.41, 5.74) is 0.788. The van der Waals surface area contributed by atoms with E-state index in [0.717, 1.165) is 10.0 Å². The van der Waals surface area contributed by atoms with Gasteiger partial charge in [-0.3, -0.25) is 0 Å². The highest BCUT2D eigenvalue weighted by Crippen LogP contribution is 2.43. The van der Waals surface area contributed by atoms with Gasteiger partial charge in [0.2, 0.25) is 0 Å². The highest BCUT2D eigenvalue weighted by atomic mass is 79.9. The van der Waals surface area contributed by atoms with Crippen LogP contribution >= 0.6 is 15.9 Å². The molecule has 0 spiro atoms. The smallest absolute Gasteiger partial charge is 0.167 e. The van der Waals surface area contributed by atoms with Crippen LogP contribution in [0.2, 0.25) is 0 Å². The highest BCUT2D eigenvalue weighted by Gasteiger charge is 2.20. The summed E-state index contributed by atoms with van der Waals surface area (Å²) in [6.07, 6.45) is -0.0564. The van der Waals surface area contributed by atoms with Crippen molar-refractivity contribution < 1.29 is 19.3 Å². The number of aliphatic hydroxyl groups is 1. The Morgan fingerprint density at radius 3 is 2.18 bits per heavy atom. The molecule has 1 N–H and O–H groups in total. The summed E-state index contributed by atoms with van der Waals surface area (Å²) in [6.45, 7) is 1.71.